The summed E-state index contributed by atoms with van der Waals surface area (Å²) >= 11 is 1.91. The zero-order valence-corrected chi connectivity index (χ0v) is 14.5. The zero-order chi connectivity index (χ0) is 14.8. The van der Waals surface area contributed by atoms with E-state index >= 15 is 0 Å². The van der Waals surface area contributed by atoms with E-state index in [1.807, 2.05) is 11.3 Å². The van der Waals surface area contributed by atoms with E-state index in [4.69, 9.17) is 4.98 Å². The van der Waals surface area contributed by atoms with Gasteiger partial charge >= 0.3 is 0 Å². The minimum absolute atomic E-state index is 0.696. The van der Waals surface area contributed by atoms with Crippen molar-refractivity contribution in [2.75, 3.05) is 11.9 Å². The molecular weight excluding hydrogens is 278 g/mol. The molecule has 0 aliphatic heterocycles. The van der Waals surface area contributed by atoms with Gasteiger partial charge in [0.25, 0.3) is 0 Å². The molecule has 1 heterocycles. The van der Waals surface area contributed by atoms with Crippen LogP contribution in [0.4, 0.5) is 5.13 Å². The topological polar surface area (TPSA) is 28.2 Å². The summed E-state index contributed by atoms with van der Waals surface area (Å²) in [5.41, 5.74) is 1.30. The van der Waals surface area contributed by atoms with Gasteiger partial charge in [0.15, 0.2) is 5.13 Å². The normalized spacial score (nSPS) is 26.0. The van der Waals surface area contributed by atoms with E-state index < -0.39 is 0 Å². The molecule has 2 aliphatic rings. The Kier molecular flexibility index (Phi) is 4.85. The molecule has 0 aromatic carbocycles. The van der Waals surface area contributed by atoms with E-state index in [0.717, 1.165) is 24.9 Å². The fourth-order valence-corrected chi connectivity index (χ4v) is 4.38. The first-order valence-corrected chi connectivity index (χ1v) is 9.43. The van der Waals surface area contributed by atoms with Gasteiger partial charge in [0, 0.05) is 30.6 Å². The van der Waals surface area contributed by atoms with Crippen LogP contribution in [0.3, 0.4) is 0 Å². The Hall–Kier alpha value is -0.610. The van der Waals surface area contributed by atoms with Gasteiger partial charge in [-0.25, -0.2) is 4.98 Å². The summed E-state index contributed by atoms with van der Waals surface area (Å²) in [6.07, 6.45) is 9.16. The van der Waals surface area contributed by atoms with Gasteiger partial charge in [-0.1, -0.05) is 13.8 Å². The maximum absolute atomic E-state index is 4.93. The highest BCUT2D eigenvalue weighted by atomic mass is 32.1. The summed E-state index contributed by atoms with van der Waals surface area (Å²) in [6.45, 7) is 5.62. The Morgan fingerprint density at radius 3 is 2.52 bits per heavy atom. The molecule has 0 atom stereocenters. The number of rotatable bonds is 6. The lowest BCUT2D eigenvalue weighted by molar-refractivity contribution is 0.340. The lowest BCUT2D eigenvalue weighted by Crippen LogP contribution is -2.34. The predicted molar refractivity (Wildman–Crippen MR) is 91.2 cm³/mol. The van der Waals surface area contributed by atoms with Crippen LogP contribution in [0, 0.1) is 5.92 Å². The van der Waals surface area contributed by atoms with Gasteiger partial charge in [-0.3, -0.25) is 0 Å². The van der Waals surface area contributed by atoms with Crippen molar-refractivity contribution < 1.29 is 0 Å². The molecule has 0 radical (unpaired) electrons. The van der Waals surface area contributed by atoms with Crippen LogP contribution in [0.25, 0.3) is 0 Å². The van der Waals surface area contributed by atoms with Crippen LogP contribution in [-0.4, -0.2) is 24.1 Å². The van der Waals surface area contributed by atoms with Crippen molar-refractivity contribution in [3.63, 3.8) is 0 Å². The molecule has 0 unspecified atom stereocenters. The Bertz CT molecular complexity index is 459. The lowest BCUT2D eigenvalue weighted by Gasteiger charge is -2.33. The number of anilines is 1. The number of hydrogen-bond donors (Lipinski definition) is 1. The van der Waals surface area contributed by atoms with Gasteiger partial charge in [-0.2, -0.15) is 0 Å². The van der Waals surface area contributed by atoms with Gasteiger partial charge in [0.05, 0.1) is 5.69 Å². The average molecular weight is 308 g/mol. The number of aryl methyl sites for hydroxylation is 1. The zero-order valence-electron chi connectivity index (χ0n) is 13.7. The molecule has 1 aromatic rings. The second kappa shape index (κ2) is 6.66. The minimum Gasteiger partial charge on any atom is -0.348 e. The molecule has 0 saturated heterocycles. The van der Waals surface area contributed by atoms with Crippen LogP contribution in [0.15, 0.2) is 0 Å². The Morgan fingerprint density at radius 1 is 1.19 bits per heavy atom. The molecule has 0 spiro atoms. The van der Waals surface area contributed by atoms with E-state index in [2.05, 4.69) is 31.1 Å². The molecule has 3 rings (SSSR count). The molecule has 3 nitrogen and oxygen atoms in total. The molecule has 2 aliphatic carbocycles. The number of thiazole rings is 1. The Labute approximate surface area is 133 Å². The summed E-state index contributed by atoms with van der Waals surface area (Å²) in [6, 6.07) is 1.47. The van der Waals surface area contributed by atoms with Crippen molar-refractivity contribution in [3.05, 3.63) is 10.6 Å². The van der Waals surface area contributed by atoms with E-state index in [-0.39, 0.29) is 0 Å². The van der Waals surface area contributed by atoms with Crippen LogP contribution < -0.4 is 10.2 Å². The molecule has 1 N–H and O–H groups in total. The summed E-state index contributed by atoms with van der Waals surface area (Å²) in [7, 11) is 2.25. The molecule has 0 amide bonds. The van der Waals surface area contributed by atoms with E-state index in [0.29, 0.717) is 6.04 Å². The number of aromatic nitrogens is 1. The van der Waals surface area contributed by atoms with Crippen LogP contribution in [0.1, 0.15) is 62.9 Å². The van der Waals surface area contributed by atoms with Crippen molar-refractivity contribution in [3.8, 4) is 0 Å². The summed E-state index contributed by atoms with van der Waals surface area (Å²) < 4.78 is 0. The molecule has 2 fully saturated rings. The highest BCUT2D eigenvalue weighted by molar-refractivity contribution is 7.15. The standard InChI is InChI=1S/C17H29N3S/c1-4-15-16(11-18-13-7-8-13)21-17(19-15)20(3)14-9-5-12(2)6-10-14/h12-14,18H,4-11H2,1-3H3. The van der Waals surface area contributed by atoms with Crippen molar-refractivity contribution in [2.45, 2.75) is 77.4 Å². The third-order valence-electron chi connectivity index (χ3n) is 5.07. The van der Waals surface area contributed by atoms with Gasteiger partial charge in [0.1, 0.15) is 0 Å². The molecular formula is C17H29N3S. The molecule has 4 heteroatoms. The monoisotopic (exact) mass is 307 g/mol. The second-order valence-electron chi connectivity index (χ2n) is 6.90. The van der Waals surface area contributed by atoms with Crippen LogP contribution in [0.2, 0.25) is 0 Å². The molecule has 21 heavy (non-hydrogen) atoms. The summed E-state index contributed by atoms with van der Waals surface area (Å²) in [4.78, 5) is 8.83. The van der Waals surface area contributed by atoms with Gasteiger partial charge in [-0.05, 0) is 50.9 Å². The summed E-state index contributed by atoms with van der Waals surface area (Å²) in [5, 5.41) is 4.87. The SMILES string of the molecule is CCc1nc(N(C)C2CCC(C)CC2)sc1CNC1CC1. The number of hydrogen-bond acceptors (Lipinski definition) is 4. The Balaban J connectivity index is 1.65. The second-order valence-corrected chi connectivity index (χ2v) is 7.96. The largest absolute Gasteiger partial charge is 0.348 e. The maximum Gasteiger partial charge on any atom is 0.185 e. The van der Waals surface area contributed by atoms with E-state index in [9.17, 15) is 0 Å². The lowest BCUT2D eigenvalue weighted by atomic mass is 9.87. The highest BCUT2D eigenvalue weighted by Crippen LogP contribution is 2.33. The average Bonchev–Trinajstić information content (AvgIpc) is 3.23. The van der Waals surface area contributed by atoms with Gasteiger partial charge < -0.3 is 10.2 Å². The smallest absolute Gasteiger partial charge is 0.185 e. The first kappa shape index (κ1) is 15.3. The molecule has 2 saturated carbocycles. The highest BCUT2D eigenvalue weighted by Gasteiger charge is 2.25. The van der Waals surface area contributed by atoms with Crippen LogP contribution in [-0.2, 0) is 13.0 Å². The molecule has 0 bridgehead atoms. The summed E-state index contributed by atoms with van der Waals surface area (Å²) in [5.74, 6) is 0.912. The molecule has 118 valence electrons. The first-order valence-electron chi connectivity index (χ1n) is 8.62. The maximum atomic E-state index is 4.93. The van der Waals surface area contributed by atoms with E-state index in [1.165, 1.54) is 54.2 Å². The fourth-order valence-electron chi connectivity index (χ4n) is 3.25. The Morgan fingerprint density at radius 2 is 1.90 bits per heavy atom. The van der Waals surface area contributed by atoms with Crippen molar-refractivity contribution in [2.24, 2.45) is 5.92 Å². The van der Waals surface area contributed by atoms with E-state index in [1.54, 1.807) is 0 Å². The third-order valence-corrected chi connectivity index (χ3v) is 6.25. The van der Waals surface area contributed by atoms with Crippen molar-refractivity contribution in [1.29, 1.82) is 0 Å². The minimum atomic E-state index is 0.696. The van der Waals surface area contributed by atoms with Gasteiger partial charge in [-0.15, -0.1) is 11.3 Å². The number of nitrogens with one attached hydrogen (secondary N) is 1. The predicted octanol–water partition coefficient (Wildman–Crippen LogP) is 3.97. The van der Waals surface area contributed by atoms with Gasteiger partial charge in [0.2, 0.25) is 0 Å². The van der Waals surface area contributed by atoms with Crippen molar-refractivity contribution >= 4 is 16.5 Å². The van der Waals surface area contributed by atoms with Crippen LogP contribution >= 0.6 is 11.3 Å². The quantitative estimate of drug-likeness (QED) is 0.862. The fraction of sp³-hybridized carbons (Fsp3) is 0.824. The molecule has 1 aromatic heterocycles. The first-order chi connectivity index (χ1) is 10.2. The van der Waals surface area contributed by atoms with Crippen molar-refractivity contribution in [1.82, 2.24) is 10.3 Å². The van der Waals surface area contributed by atoms with Crippen LogP contribution in [0.5, 0.6) is 0 Å². The number of nitrogens with zero attached hydrogens (tertiary/aromatic N) is 2. The third kappa shape index (κ3) is 3.78.